The minimum atomic E-state index is -0.789. The van der Waals surface area contributed by atoms with E-state index in [1.807, 2.05) is 25.7 Å². The van der Waals surface area contributed by atoms with Gasteiger partial charge in [0, 0.05) is 25.6 Å². The summed E-state index contributed by atoms with van der Waals surface area (Å²) >= 11 is 0. The Morgan fingerprint density at radius 2 is 1.85 bits per heavy atom. The summed E-state index contributed by atoms with van der Waals surface area (Å²) in [6.07, 6.45) is 0.0257. The minimum absolute atomic E-state index is 0.00191. The molecule has 6 nitrogen and oxygen atoms in total. The van der Waals surface area contributed by atoms with Crippen LogP contribution in [0.2, 0.25) is 0 Å². The van der Waals surface area contributed by atoms with Crippen LogP contribution in [0.1, 0.15) is 27.7 Å². The zero-order valence-corrected chi connectivity index (χ0v) is 12.6. The number of carbonyl (C=O) groups is 2. The summed E-state index contributed by atoms with van der Waals surface area (Å²) in [5, 5.41) is 8.96. The molecule has 2 unspecified atom stereocenters. The largest absolute Gasteiger partial charge is 0.481 e. The maximum atomic E-state index is 12.4. The van der Waals surface area contributed by atoms with Crippen LogP contribution in [0.15, 0.2) is 0 Å². The summed E-state index contributed by atoms with van der Waals surface area (Å²) in [7, 11) is 0. The molecule has 20 heavy (non-hydrogen) atoms. The molecule has 2 saturated heterocycles. The molecule has 114 valence electrons. The van der Waals surface area contributed by atoms with Crippen molar-refractivity contribution in [3.05, 3.63) is 0 Å². The standard InChI is InChI=1S/C14H24N2O4/c1-9-5-16(8-14(3,4)20-9)13(19)15-6-11(7-15)10(2)12(17)18/h9-11H,5-8H2,1-4H3,(H,17,18). The lowest BCUT2D eigenvalue weighted by Gasteiger charge is -2.47. The van der Waals surface area contributed by atoms with Crippen LogP contribution in [0.3, 0.4) is 0 Å². The van der Waals surface area contributed by atoms with Crippen molar-refractivity contribution in [2.45, 2.75) is 39.4 Å². The third kappa shape index (κ3) is 3.06. The Kier molecular flexibility index (Phi) is 3.95. The van der Waals surface area contributed by atoms with Gasteiger partial charge < -0.3 is 19.6 Å². The van der Waals surface area contributed by atoms with E-state index in [1.165, 1.54) is 0 Å². The van der Waals surface area contributed by atoms with Crippen molar-refractivity contribution in [2.75, 3.05) is 26.2 Å². The Morgan fingerprint density at radius 1 is 1.25 bits per heavy atom. The molecule has 2 aliphatic rings. The predicted octanol–water partition coefficient (Wildman–Crippen LogP) is 1.26. The Labute approximate surface area is 119 Å². The number of hydrogen-bond acceptors (Lipinski definition) is 3. The summed E-state index contributed by atoms with van der Waals surface area (Å²) in [4.78, 5) is 26.9. The molecule has 6 heteroatoms. The molecule has 2 heterocycles. The maximum Gasteiger partial charge on any atom is 0.320 e. The van der Waals surface area contributed by atoms with E-state index >= 15 is 0 Å². The normalized spacial score (nSPS) is 27.9. The molecular formula is C14H24N2O4. The van der Waals surface area contributed by atoms with E-state index in [4.69, 9.17) is 9.84 Å². The number of amides is 2. The van der Waals surface area contributed by atoms with Crippen LogP contribution in [0.5, 0.6) is 0 Å². The Balaban J connectivity index is 1.89. The van der Waals surface area contributed by atoms with Crippen molar-refractivity contribution in [3.8, 4) is 0 Å². The first kappa shape index (κ1) is 15.1. The third-order valence-corrected chi connectivity index (χ3v) is 4.12. The Hall–Kier alpha value is -1.30. The number of aliphatic carboxylic acids is 1. The van der Waals surface area contributed by atoms with Crippen LogP contribution in [0, 0.1) is 11.8 Å². The smallest absolute Gasteiger partial charge is 0.320 e. The molecule has 0 aliphatic carbocycles. The van der Waals surface area contributed by atoms with Gasteiger partial charge in [-0.05, 0) is 20.8 Å². The van der Waals surface area contributed by atoms with Crippen LogP contribution in [0.4, 0.5) is 4.79 Å². The Morgan fingerprint density at radius 3 is 2.35 bits per heavy atom. The molecule has 2 atom stereocenters. The molecule has 2 amide bonds. The molecule has 0 saturated carbocycles. The lowest BCUT2D eigenvalue weighted by atomic mass is 9.87. The SMILES string of the molecule is CC1CN(C(=O)N2CC(C(C)C(=O)O)C2)CC(C)(C)O1. The van der Waals surface area contributed by atoms with E-state index in [0.29, 0.717) is 26.2 Å². The first-order valence-corrected chi connectivity index (χ1v) is 7.14. The fraction of sp³-hybridized carbons (Fsp3) is 0.857. The van der Waals surface area contributed by atoms with Crippen molar-refractivity contribution < 1.29 is 19.4 Å². The van der Waals surface area contributed by atoms with Gasteiger partial charge >= 0.3 is 12.0 Å². The molecule has 2 rings (SSSR count). The second-order valence-corrected chi connectivity index (χ2v) is 6.64. The minimum Gasteiger partial charge on any atom is -0.481 e. The number of hydrogen-bond donors (Lipinski definition) is 1. The molecule has 2 aliphatic heterocycles. The molecule has 0 aromatic rings. The first-order chi connectivity index (χ1) is 9.19. The zero-order chi connectivity index (χ0) is 15.1. The molecule has 0 radical (unpaired) electrons. The van der Waals surface area contributed by atoms with Gasteiger partial charge in [0.25, 0.3) is 0 Å². The molecule has 2 fully saturated rings. The van der Waals surface area contributed by atoms with E-state index in [-0.39, 0.29) is 29.6 Å². The maximum absolute atomic E-state index is 12.4. The van der Waals surface area contributed by atoms with Crippen molar-refractivity contribution in [2.24, 2.45) is 11.8 Å². The number of likely N-dealkylation sites (tertiary alicyclic amines) is 1. The van der Waals surface area contributed by atoms with E-state index < -0.39 is 5.97 Å². The molecule has 0 aromatic carbocycles. The van der Waals surface area contributed by atoms with Gasteiger partial charge in [-0.3, -0.25) is 4.79 Å². The van der Waals surface area contributed by atoms with Crippen molar-refractivity contribution in [3.63, 3.8) is 0 Å². The van der Waals surface area contributed by atoms with Crippen LogP contribution in [0.25, 0.3) is 0 Å². The van der Waals surface area contributed by atoms with Gasteiger partial charge in [0.05, 0.1) is 24.2 Å². The van der Waals surface area contributed by atoms with Gasteiger partial charge in [-0.2, -0.15) is 0 Å². The lowest BCUT2D eigenvalue weighted by Crippen LogP contribution is -2.62. The number of urea groups is 1. The highest BCUT2D eigenvalue weighted by Crippen LogP contribution is 2.27. The van der Waals surface area contributed by atoms with Crippen LogP contribution in [-0.4, -0.2) is 64.8 Å². The van der Waals surface area contributed by atoms with Gasteiger partial charge in [-0.1, -0.05) is 6.92 Å². The number of nitrogens with zero attached hydrogens (tertiary/aromatic N) is 2. The van der Waals surface area contributed by atoms with Crippen LogP contribution in [-0.2, 0) is 9.53 Å². The van der Waals surface area contributed by atoms with Gasteiger partial charge in [-0.25, -0.2) is 4.79 Å². The van der Waals surface area contributed by atoms with E-state index in [1.54, 1.807) is 11.8 Å². The summed E-state index contributed by atoms with van der Waals surface area (Å²) in [5.41, 5.74) is -0.327. The van der Waals surface area contributed by atoms with Crippen molar-refractivity contribution >= 4 is 12.0 Å². The number of carboxylic acid groups (broad SMARTS) is 1. The molecule has 1 N–H and O–H groups in total. The predicted molar refractivity (Wildman–Crippen MR) is 73.5 cm³/mol. The quantitative estimate of drug-likeness (QED) is 0.828. The second-order valence-electron chi connectivity index (χ2n) is 6.64. The van der Waals surface area contributed by atoms with Gasteiger partial charge in [0.1, 0.15) is 0 Å². The molecule has 0 aromatic heterocycles. The van der Waals surface area contributed by atoms with Crippen LogP contribution < -0.4 is 0 Å². The molecule has 0 bridgehead atoms. The monoisotopic (exact) mass is 284 g/mol. The number of ether oxygens (including phenoxy) is 1. The van der Waals surface area contributed by atoms with E-state index in [0.717, 1.165) is 0 Å². The van der Waals surface area contributed by atoms with E-state index in [2.05, 4.69) is 0 Å². The van der Waals surface area contributed by atoms with Gasteiger partial charge in [0.15, 0.2) is 0 Å². The highest BCUT2D eigenvalue weighted by atomic mass is 16.5. The number of carbonyl (C=O) groups excluding carboxylic acids is 1. The summed E-state index contributed by atoms with van der Waals surface area (Å²) in [6.45, 7) is 9.88. The number of morpholine rings is 1. The van der Waals surface area contributed by atoms with E-state index in [9.17, 15) is 9.59 Å². The average molecular weight is 284 g/mol. The summed E-state index contributed by atoms with van der Waals surface area (Å²) < 4.78 is 5.79. The fourth-order valence-electron chi connectivity index (χ4n) is 2.99. The van der Waals surface area contributed by atoms with Gasteiger partial charge in [-0.15, -0.1) is 0 Å². The average Bonchev–Trinajstić information content (AvgIpc) is 2.23. The van der Waals surface area contributed by atoms with Crippen LogP contribution >= 0.6 is 0 Å². The molecule has 0 spiro atoms. The number of rotatable bonds is 2. The Bertz CT molecular complexity index is 404. The third-order valence-electron chi connectivity index (χ3n) is 4.12. The zero-order valence-electron chi connectivity index (χ0n) is 12.6. The first-order valence-electron chi connectivity index (χ1n) is 7.14. The lowest BCUT2D eigenvalue weighted by molar-refractivity contribution is -0.145. The second kappa shape index (κ2) is 5.24. The fourth-order valence-corrected chi connectivity index (χ4v) is 2.99. The van der Waals surface area contributed by atoms with Crippen molar-refractivity contribution in [1.29, 1.82) is 0 Å². The van der Waals surface area contributed by atoms with Gasteiger partial charge in [0.2, 0.25) is 0 Å². The summed E-state index contributed by atoms with van der Waals surface area (Å²) in [5.74, 6) is -1.11. The summed E-state index contributed by atoms with van der Waals surface area (Å²) in [6, 6.07) is 0.00191. The van der Waals surface area contributed by atoms with Crippen molar-refractivity contribution in [1.82, 2.24) is 9.80 Å². The number of carboxylic acids is 1. The topological polar surface area (TPSA) is 70.1 Å². The highest BCUT2D eigenvalue weighted by Gasteiger charge is 2.41. The molecular weight excluding hydrogens is 260 g/mol. The highest BCUT2D eigenvalue weighted by molar-refractivity contribution is 5.76.